The molecule has 0 bridgehead atoms. The second-order valence-electron chi connectivity index (χ2n) is 3.30. The van der Waals surface area contributed by atoms with Crippen molar-refractivity contribution in [3.05, 3.63) is 45.9 Å². The molecule has 6 heteroatoms. The fraction of sp³-hybridized carbons (Fsp3) is 0. The highest BCUT2D eigenvalue weighted by atomic mass is 79.9. The fourth-order valence-electron chi connectivity index (χ4n) is 1.31. The second kappa shape index (κ2) is 5.35. The number of hydrogen-bond acceptors (Lipinski definition) is 4. The quantitative estimate of drug-likeness (QED) is 0.599. The van der Waals surface area contributed by atoms with E-state index in [9.17, 15) is 0 Å². The lowest BCUT2D eigenvalue weighted by molar-refractivity contribution is 1.22. The molecule has 17 heavy (non-hydrogen) atoms. The predicted molar refractivity (Wildman–Crippen MR) is 74.5 cm³/mol. The summed E-state index contributed by atoms with van der Waals surface area (Å²) in [6.07, 6.45) is 0. The molecule has 0 aliphatic heterocycles. The van der Waals surface area contributed by atoms with Gasteiger partial charge in [-0.3, -0.25) is 0 Å². The maximum atomic E-state index is 6.09. The average molecular weight is 314 g/mol. The Morgan fingerprint density at radius 3 is 2.65 bits per heavy atom. The van der Waals surface area contributed by atoms with Crippen molar-refractivity contribution in [3.8, 4) is 0 Å². The van der Waals surface area contributed by atoms with Gasteiger partial charge in [0.05, 0.1) is 10.7 Å². The average Bonchev–Trinajstić information content (AvgIpc) is 2.33. The van der Waals surface area contributed by atoms with Crippen LogP contribution in [0.3, 0.4) is 0 Å². The minimum absolute atomic E-state index is 0.586. The Hall–Kier alpha value is -1.30. The van der Waals surface area contributed by atoms with Crippen molar-refractivity contribution >= 4 is 44.9 Å². The van der Waals surface area contributed by atoms with Crippen molar-refractivity contribution < 1.29 is 0 Å². The highest BCUT2D eigenvalue weighted by Crippen LogP contribution is 2.28. The first-order valence-electron chi connectivity index (χ1n) is 4.85. The molecule has 0 atom stereocenters. The van der Waals surface area contributed by atoms with Crippen molar-refractivity contribution in [2.45, 2.75) is 0 Å². The number of rotatable bonds is 3. The molecule has 4 nitrogen and oxygen atoms in total. The van der Waals surface area contributed by atoms with Gasteiger partial charge in [-0.2, -0.15) is 0 Å². The number of nitrogens with zero attached hydrogens (tertiary/aromatic N) is 1. The van der Waals surface area contributed by atoms with E-state index in [1.807, 2.05) is 30.3 Å². The molecule has 0 aliphatic rings. The molecule has 0 aliphatic carbocycles. The molecule has 0 saturated heterocycles. The molecule has 1 aromatic carbocycles. The Bertz CT molecular complexity index is 533. The first-order valence-corrected chi connectivity index (χ1v) is 6.02. The van der Waals surface area contributed by atoms with Gasteiger partial charge < -0.3 is 10.7 Å². The summed E-state index contributed by atoms with van der Waals surface area (Å²) in [5.41, 5.74) is 3.27. The number of nitrogens with one attached hydrogen (secondary N) is 2. The van der Waals surface area contributed by atoms with E-state index in [1.165, 1.54) is 0 Å². The van der Waals surface area contributed by atoms with E-state index in [0.29, 0.717) is 16.7 Å². The van der Waals surface area contributed by atoms with Crippen LogP contribution in [0, 0.1) is 0 Å². The van der Waals surface area contributed by atoms with Gasteiger partial charge in [-0.05, 0) is 30.3 Å². The minimum atomic E-state index is 0.586. The highest BCUT2D eigenvalue weighted by molar-refractivity contribution is 9.10. The van der Waals surface area contributed by atoms with E-state index in [-0.39, 0.29) is 0 Å². The van der Waals surface area contributed by atoms with Gasteiger partial charge in [-0.15, -0.1) is 0 Å². The van der Waals surface area contributed by atoms with Crippen molar-refractivity contribution in [3.63, 3.8) is 0 Å². The maximum absolute atomic E-state index is 6.09. The molecule has 1 aromatic heterocycles. The summed E-state index contributed by atoms with van der Waals surface area (Å²) >= 11 is 9.44. The van der Waals surface area contributed by atoms with Gasteiger partial charge in [0.15, 0.2) is 0 Å². The van der Waals surface area contributed by atoms with E-state index in [0.717, 1.165) is 10.2 Å². The van der Waals surface area contributed by atoms with E-state index in [1.54, 1.807) is 6.07 Å². The standard InChI is InChI=1S/C11H10BrClN4/c12-7-4-5-9(8(13)6-7)15-10-2-1-3-11(16-10)17-14/h1-6H,14H2,(H2,15,16,17). The highest BCUT2D eigenvalue weighted by Gasteiger charge is 2.02. The molecule has 2 rings (SSSR count). The van der Waals surface area contributed by atoms with Crippen molar-refractivity contribution in [2.75, 3.05) is 10.7 Å². The molecule has 0 saturated carbocycles. The summed E-state index contributed by atoms with van der Waals surface area (Å²) in [4.78, 5) is 4.23. The number of hydrazine groups is 1. The topological polar surface area (TPSA) is 63.0 Å². The van der Waals surface area contributed by atoms with Crippen LogP contribution in [0.4, 0.5) is 17.3 Å². The molecule has 4 N–H and O–H groups in total. The number of nitrogen functional groups attached to an aromatic ring is 1. The molecule has 0 radical (unpaired) electrons. The lowest BCUT2D eigenvalue weighted by Gasteiger charge is -2.09. The van der Waals surface area contributed by atoms with Crippen LogP contribution in [0.15, 0.2) is 40.9 Å². The lowest BCUT2D eigenvalue weighted by atomic mass is 10.3. The molecule has 0 fully saturated rings. The van der Waals surface area contributed by atoms with Crippen LogP contribution < -0.4 is 16.6 Å². The predicted octanol–water partition coefficient (Wildman–Crippen LogP) is 3.53. The Labute approximate surface area is 112 Å². The van der Waals surface area contributed by atoms with Crippen LogP contribution in [0.25, 0.3) is 0 Å². The first kappa shape index (κ1) is 12.2. The summed E-state index contributed by atoms with van der Waals surface area (Å²) < 4.78 is 0.929. The van der Waals surface area contributed by atoms with Crippen LogP contribution in [-0.4, -0.2) is 4.98 Å². The third kappa shape index (κ3) is 3.09. The van der Waals surface area contributed by atoms with Gasteiger partial charge in [0.2, 0.25) is 0 Å². The molecular weight excluding hydrogens is 304 g/mol. The van der Waals surface area contributed by atoms with Gasteiger partial charge >= 0.3 is 0 Å². The number of aromatic nitrogens is 1. The normalized spacial score (nSPS) is 10.1. The zero-order valence-corrected chi connectivity index (χ0v) is 11.1. The fourth-order valence-corrected chi connectivity index (χ4v) is 2.03. The van der Waals surface area contributed by atoms with Gasteiger partial charge in [-0.1, -0.05) is 33.6 Å². The molecule has 0 unspecified atom stereocenters. The maximum Gasteiger partial charge on any atom is 0.142 e. The Kier molecular flexibility index (Phi) is 3.83. The van der Waals surface area contributed by atoms with Crippen molar-refractivity contribution in [1.29, 1.82) is 0 Å². The monoisotopic (exact) mass is 312 g/mol. The zero-order valence-electron chi connectivity index (χ0n) is 8.74. The second-order valence-corrected chi connectivity index (χ2v) is 4.62. The number of anilines is 3. The summed E-state index contributed by atoms with van der Waals surface area (Å²) in [6.45, 7) is 0. The molecular formula is C11H10BrClN4. The number of halogens is 2. The van der Waals surface area contributed by atoms with E-state index < -0.39 is 0 Å². The number of hydrogen-bond donors (Lipinski definition) is 3. The Morgan fingerprint density at radius 2 is 1.94 bits per heavy atom. The summed E-state index contributed by atoms with van der Waals surface area (Å²) in [6, 6.07) is 11.0. The minimum Gasteiger partial charge on any atom is -0.339 e. The molecule has 0 amide bonds. The summed E-state index contributed by atoms with van der Waals surface area (Å²) in [5.74, 6) is 6.55. The van der Waals surface area contributed by atoms with Gasteiger partial charge in [0, 0.05) is 4.47 Å². The van der Waals surface area contributed by atoms with Gasteiger partial charge in [0.25, 0.3) is 0 Å². The van der Waals surface area contributed by atoms with E-state index >= 15 is 0 Å². The smallest absolute Gasteiger partial charge is 0.142 e. The first-order chi connectivity index (χ1) is 8.19. The molecule has 88 valence electrons. The SMILES string of the molecule is NNc1cccc(Nc2ccc(Br)cc2Cl)n1. The van der Waals surface area contributed by atoms with Gasteiger partial charge in [-0.25, -0.2) is 10.8 Å². The van der Waals surface area contributed by atoms with Crippen molar-refractivity contribution in [1.82, 2.24) is 4.98 Å². The largest absolute Gasteiger partial charge is 0.339 e. The van der Waals surface area contributed by atoms with Crippen LogP contribution in [-0.2, 0) is 0 Å². The third-order valence-corrected chi connectivity index (χ3v) is 2.90. The van der Waals surface area contributed by atoms with Crippen LogP contribution >= 0.6 is 27.5 Å². The lowest BCUT2D eigenvalue weighted by Crippen LogP contribution is -2.08. The summed E-state index contributed by atoms with van der Waals surface area (Å²) in [5, 5.41) is 3.73. The third-order valence-electron chi connectivity index (χ3n) is 2.09. The Balaban J connectivity index is 2.25. The molecule has 0 spiro atoms. The number of nitrogens with two attached hydrogens (primary N) is 1. The van der Waals surface area contributed by atoms with E-state index in [4.69, 9.17) is 17.4 Å². The molecule has 2 aromatic rings. The van der Waals surface area contributed by atoms with E-state index in [2.05, 4.69) is 31.7 Å². The number of benzene rings is 1. The summed E-state index contributed by atoms with van der Waals surface area (Å²) in [7, 11) is 0. The van der Waals surface area contributed by atoms with Crippen LogP contribution in [0.1, 0.15) is 0 Å². The zero-order chi connectivity index (χ0) is 12.3. The van der Waals surface area contributed by atoms with Crippen LogP contribution in [0.5, 0.6) is 0 Å². The van der Waals surface area contributed by atoms with Gasteiger partial charge in [0.1, 0.15) is 11.6 Å². The molecule has 1 heterocycles. The van der Waals surface area contributed by atoms with Crippen molar-refractivity contribution in [2.24, 2.45) is 5.84 Å². The van der Waals surface area contributed by atoms with Crippen LogP contribution in [0.2, 0.25) is 5.02 Å². The number of pyridine rings is 1. The Morgan fingerprint density at radius 1 is 1.18 bits per heavy atom.